The Balaban J connectivity index is 1.82. The monoisotopic (exact) mass is 522 g/mol. The lowest BCUT2D eigenvalue weighted by Gasteiger charge is -2.19. The predicted molar refractivity (Wildman–Crippen MR) is 136 cm³/mol. The first-order valence-electron chi connectivity index (χ1n) is 12.3. The van der Waals surface area contributed by atoms with Crippen LogP contribution in [0.25, 0.3) is 11.0 Å². The van der Waals surface area contributed by atoms with Crippen LogP contribution in [-0.4, -0.2) is 40.1 Å². The summed E-state index contributed by atoms with van der Waals surface area (Å²) in [4.78, 5) is 31.5. The zero-order valence-corrected chi connectivity index (χ0v) is 21.6. The average molecular weight is 523 g/mol. The number of carbonyl (C=O) groups excluding carboxylic acids is 2. The van der Waals surface area contributed by atoms with Gasteiger partial charge in [-0.1, -0.05) is 33.3 Å². The van der Waals surface area contributed by atoms with E-state index in [9.17, 15) is 22.8 Å². The van der Waals surface area contributed by atoms with Crippen molar-refractivity contribution in [1.82, 2.24) is 20.2 Å². The van der Waals surface area contributed by atoms with E-state index in [-0.39, 0.29) is 6.04 Å². The smallest absolute Gasteiger partial charge is 0.354 e. The molecule has 6 nitrogen and oxygen atoms in total. The van der Waals surface area contributed by atoms with Gasteiger partial charge in [0.1, 0.15) is 11.9 Å². The molecule has 2 amide bonds. The van der Waals surface area contributed by atoms with Gasteiger partial charge in [0.15, 0.2) is 0 Å². The van der Waals surface area contributed by atoms with E-state index in [0.717, 1.165) is 24.2 Å². The van der Waals surface area contributed by atoms with Gasteiger partial charge in [-0.3, -0.25) is 9.59 Å². The van der Waals surface area contributed by atoms with Crippen molar-refractivity contribution in [2.45, 2.75) is 77.6 Å². The van der Waals surface area contributed by atoms with Crippen molar-refractivity contribution in [3.05, 3.63) is 52.0 Å². The number of benzene rings is 1. The summed E-state index contributed by atoms with van der Waals surface area (Å²) in [6, 6.07) is 8.75. The fourth-order valence-electron chi connectivity index (χ4n) is 4.29. The molecule has 0 bridgehead atoms. The summed E-state index contributed by atoms with van der Waals surface area (Å²) in [6.07, 6.45) is -1.97. The summed E-state index contributed by atoms with van der Waals surface area (Å²) in [5.74, 6) is -0.142. The molecular formula is C26H33F3N4O2S. The van der Waals surface area contributed by atoms with Gasteiger partial charge in [-0.15, -0.1) is 11.3 Å². The number of hydrogen-bond acceptors (Lipinski definition) is 4. The maximum Gasteiger partial charge on any atom is 0.390 e. The molecule has 36 heavy (non-hydrogen) atoms. The third-order valence-electron chi connectivity index (χ3n) is 6.15. The molecule has 0 saturated carbocycles. The fraction of sp³-hybridized carbons (Fsp3) is 0.500. The number of thiophene rings is 1. The van der Waals surface area contributed by atoms with Crippen molar-refractivity contribution in [3.8, 4) is 0 Å². The molecular weight excluding hydrogens is 489 g/mol. The zero-order chi connectivity index (χ0) is 26.3. The van der Waals surface area contributed by atoms with Crippen LogP contribution in [-0.2, 0) is 11.2 Å². The van der Waals surface area contributed by atoms with Crippen LogP contribution in [0.3, 0.4) is 0 Å². The summed E-state index contributed by atoms with van der Waals surface area (Å²) in [5, 5.41) is 7.00. The highest BCUT2D eigenvalue weighted by Gasteiger charge is 2.28. The molecule has 0 fully saturated rings. The standard InChI is InChI=1S/C26H33F3N4O2S/c1-4-8-20(25(35)30-13-12-26(27,28)29)32-24(34)17-10-11-22-21(15-17)31-23(16-19-9-7-14-36-19)33(22)18(5-2)6-3/h7,9-11,14-15,18,20H,4-6,8,12-13,16H2,1-3H3,(H,30,35)(H,32,34)/t20-/m0/s1. The van der Waals surface area contributed by atoms with Gasteiger partial charge < -0.3 is 15.2 Å². The number of alkyl halides is 3. The van der Waals surface area contributed by atoms with Crippen LogP contribution in [0.2, 0.25) is 0 Å². The summed E-state index contributed by atoms with van der Waals surface area (Å²) in [5.41, 5.74) is 1.99. The van der Waals surface area contributed by atoms with Crippen LogP contribution in [0.4, 0.5) is 13.2 Å². The third-order valence-corrected chi connectivity index (χ3v) is 7.03. The van der Waals surface area contributed by atoms with Gasteiger partial charge in [-0.2, -0.15) is 13.2 Å². The summed E-state index contributed by atoms with van der Waals surface area (Å²) in [7, 11) is 0. The van der Waals surface area contributed by atoms with Crippen molar-refractivity contribution in [3.63, 3.8) is 0 Å². The Morgan fingerprint density at radius 1 is 1.14 bits per heavy atom. The molecule has 0 spiro atoms. The highest BCUT2D eigenvalue weighted by molar-refractivity contribution is 7.09. The second-order valence-electron chi connectivity index (χ2n) is 8.80. The van der Waals surface area contributed by atoms with Crippen LogP contribution in [0, 0.1) is 0 Å². The molecule has 10 heteroatoms. The summed E-state index contributed by atoms with van der Waals surface area (Å²) in [6.45, 7) is 5.60. The van der Waals surface area contributed by atoms with Crippen molar-refractivity contribution in [1.29, 1.82) is 0 Å². The van der Waals surface area contributed by atoms with E-state index in [1.165, 1.54) is 4.88 Å². The molecule has 1 aromatic carbocycles. The normalized spacial score (nSPS) is 12.8. The number of fused-ring (bicyclic) bond motifs is 1. The average Bonchev–Trinajstić information content (AvgIpc) is 3.46. The zero-order valence-electron chi connectivity index (χ0n) is 20.8. The number of carbonyl (C=O) groups is 2. The SMILES string of the molecule is CCC[C@H](NC(=O)c1ccc2c(c1)nc(Cc1cccs1)n2C(CC)CC)C(=O)NCCC(F)(F)F. The van der Waals surface area contributed by atoms with Crippen LogP contribution in [0.5, 0.6) is 0 Å². The molecule has 196 valence electrons. The molecule has 0 saturated heterocycles. The molecule has 1 atom stereocenters. The highest BCUT2D eigenvalue weighted by Crippen LogP contribution is 2.28. The summed E-state index contributed by atoms with van der Waals surface area (Å²) < 4.78 is 39.5. The van der Waals surface area contributed by atoms with Gasteiger partial charge in [0.05, 0.1) is 17.5 Å². The van der Waals surface area contributed by atoms with Gasteiger partial charge in [0, 0.05) is 29.4 Å². The van der Waals surface area contributed by atoms with E-state index in [1.54, 1.807) is 23.5 Å². The van der Waals surface area contributed by atoms with Crippen molar-refractivity contribution >= 4 is 34.2 Å². The maximum atomic E-state index is 13.0. The number of nitrogens with one attached hydrogen (secondary N) is 2. The Kier molecular flexibility index (Phi) is 9.53. The second-order valence-corrected chi connectivity index (χ2v) is 9.83. The largest absolute Gasteiger partial charge is 0.390 e. The van der Waals surface area contributed by atoms with E-state index in [0.29, 0.717) is 30.3 Å². The molecule has 2 aromatic heterocycles. The lowest BCUT2D eigenvalue weighted by molar-refractivity contribution is -0.136. The topological polar surface area (TPSA) is 76.0 Å². The van der Waals surface area contributed by atoms with Crippen LogP contribution in [0.1, 0.15) is 80.0 Å². The van der Waals surface area contributed by atoms with Gasteiger partial charge in [0.2, 0.25) is 5.91 Å². The number of aromatic nitrogens is 2. The number of rotatable bonds is 12. The molecule has 3 aromatic rings. The van der Waals surface area contributed by atoms with Gasteiger partial charge in [-0.25, -0.2) is 4.98 Å². The first-order chi connectivity index (χ1) is 17.2. The maximum absolute atomic E-state index is 13.0. The molecule has 3 rings (SSSR count). The number of hydrogen-bond donors (Lipinski definition) is 2. The van der Waals surface area contributed by atoms with E-state index in [2.05, 4.69) is 35.1 Å². The quantitative estimate of drug-likeness (QED) is 0.306. The van der Waals surface area contributed by atoms with Gasteiger partial charge in [0.25, 0.3) is 5.91 Å². The van der Waals surface area contributed by atoms with Crippen molar-refractivity contribution in [2.75, 3.05) is 6.54 Å². The minimum absolute atomic E-state index is 0.277. The molecule has 0 unspecified atom stereocenters. The molecule has 2 N–H and O–H groups in total. The number of amides is 2. The van der Waals surface area contributed by atoms with Crippen molar-refractivity contribution in [2.24, 2.45) is 0 Å². The lowest BCUT2D eigenvalue weighted by atomic mass is 10.1. The summed E-state index contributed by atoms with van der Waals surface area (Å²) >= 11 is 1.67. The third kappa shape index (κ3) is 7.09. The van der Waals surface area contributed by atoms with E-state index in [4.69, 9.17) is 4.98 Å². The fourth-order valence-corrected chi connectivity index (χ4v) is 5.00. The second kappa shape index (κ2) is 12.4. The predicted octanol–water partition coefficient (Wildman–Crippen LogP) is 6.02. The van der Waals surface area contributed by atoms with Gasteiger partial charge >= 0.3 is 6.18 Å². The van der Waals surface area contributed by atoms with Gasteiger partial charge in [-0.05, 0) is 48.9 Å². The lowest BCUT2D eigenvalue weighted by Crippen LogP contribution is -2.47. The Hall–Kier alpha value is -2.88. The number of imidazole rings is 1. The van der Waals surface area contributed by atoms with Crippen molar-refractivity contribution < 1.29 is 22.8 Å². The van der Waals surface area contributed by atoms with Crippen LogP contribution >= 0.6 is 11.3 Å². The Morgan fingerprint density at radius 3 is 2.50 bits per heavy atom. The molecule has 0 radical (unpaired) electrons. The first kappa shape index (κ1) is 27.7. The molecule has 0 aliphatic heterocycles. The molecule has 0 aliphatic carbocycles. The number of halogens is 3. The van der Waals surface area contributed by atoms with E-state index < -0.39 is 37.0 Å². The minimum atomic E-state index is -4.35. The van der Waals surface area contributed by atoms with Crippen LogP contribution in [0.15, 0.2) is 35.7 Å². The first-order valence-corrected chi connectivity index (χ1v) is 13.2. The Bertz CT molecular complexity index is 1150. The Labute approximate surface area is 213 Å². The van der Waals surface area contributed by atoms with E-state index in [1.807, 2.05) is 24.4 Å². The highest BCUT2D eigenvalue weighted by atomic mass is 32.1. The van der Waals surface area contributed by atoms with E-state index >= 15 is 0 Å². The number of nitrogens with zero attached hydrogens (tertiary/aromatic N) is 2. The molecule has 0 aliphatic rings. The van der Waals surface area contributed by atoms with Crippen LogP contribution < -0.4 is 10.6 Å². The minimum Gasteiger partial charge on any atom is -0.354 e. The Morgan fingerprint density at radius 2 is 1.89 bits per heavy atom. The molecule has 2 heterocycles.